The van der Waals surface area contributed by atoms with Crippen LogP contribution in [0.1, 0.15) is 36.6 Å². The Kier molecular flexibility index (Phi) is 3.76. The highest BCUT2D eigenvalue weighted by molar-refractivity contribution is 8.00. The summed E-state index contributed by atoms with van der Waals surface area (Å²) in [7, 11) is 0. The first-order chi connectivity index (χ1) is 8.56. The number of aromatic nitrogens is 2. The minimum Gasteiger partial charge on any atom is -0.366 e. The van der Waals surface area contributed by atoms with Gasteiger partial charge in [-0.15, -0.1) is 5.10 Å². The highest BCUT2D eigenvalue weighted by Gasteiger charge is 2.29. The van der Waals surface area contributed by atoms with Crippen molar-refractivity contribution < 1.29 is 0 Å². The third-order valence-corrected chi connectivity index (χ3v) is 5.03. The van der Waals surface area contributed by atoms with Gasteiger partial charge in [0.15, 0.2) is 5.82 Å². The van der Waals surface area contributed by atoms with Gasteiger partial charge >= 0.3 is 0 Å². The second kappa shape index (κ2) is 5.15. The Labute approximate surface area is 112 Å². The molecule has 1 unspecified atom stereocenters. The van der Waals surface area contributed by atoms with Crippen LogP contribution in [0.4, 0.5) is 5.82 Å². The Bertz CT molecular complexity index is 486. The third kappa shape index (κ3) is 2.59. The number of nitrogens with zero attached hydrogens (tertiary/aromatic N) is 3. The van der Waals surface area contributed by atoms with Crippen molar-refractivity contribution in [2.24, 2.45) is 0 Å². The van der Waals surface area contributed by atoms with Gasteiger partial charge in [-0.2, -0.15) is 22.1 Å². The molecule has 1 aromatic rings. The lowest BCUT2D eigenvalue weighted by Gasteiger charge is -2.23. The van der Waals surface area contributed by atoms with Crippen LogP contribution in [0.2, 0.25) is 0 Å². The van der Waals surface area contributed by atoms with Gasteiger partial charge < -0.3 is 5.32 Å². The van der Waals surface area contributed by atoms with E-state index < -0.39 is 0 Å². The second-order valence-corrected chi connectivity index (χ2v) is 6.68. The Morgan fingerprint density at radius 1 is 1.44 bits per heavy atom. The zero-order chi connectivity index (χ0) is 13.2. The molecular weight excluding hydrogens is 244 g/mol. The predicted molar refractivity (Wildman–Crippen MR) is 74.8 cm³/mol. The van der Waals surface area contributed by atoms with Crippen LogP contribution in [0, 0.1) is 25.2 Å². The molecule has 2 heterocycles. The molecule has 0 aliphatic carbocycles. The molecule has 1 aliphatic heterocycles. The molecule has 1 atom stereocenters. The molecule has 2 rings (SSSR count). The second-order valence-electron chi connectivity index (χ2n) is 5.00. The van der Waals surface area contributed by atoms with Crippen molar-refractivity contribution in [3.8, 4) is 6.07 Å². The van der Waals surface area contributed by atoms with Crippen molar-refractivity contribution in [1.29, 1.82) is 5.26 Å². The van der Waals surface area contributed by atoms with Crippen LogP contribution in [-0.4, -0.2) is 27.2 Å². The van der Waals surface area contributed by atoms with E-state index >= 15 is 0 Å². The van der Waals surface area contributed by atoms with Crippen molar-refractivity contribution in [1.82, 2.24) is 10.2 Å². The van der Waals surface area contributed by atoms with E-state index in [2.05, 4.69) is 28.5 Å². The SMILES string of the molecule is Cc1nnc(NCC2(C)CCCS2)c(C#N)c1C. The van der Waals surface area contributed by atoms with Gasteiger partial charge in [-0.25, -0.2) is 0 Å². The number of anilines is 1. The molecule has 96 valence electrons. The van der Waals surface area contributed by atoms with Crippen LogP contribution < -0.4 is 5.32 Å². The normalized spacial score (nSPS) is 22.8. The number of nitrogens with one attached hydrogen (secondary N) is 1. The molecular formula is C13H18N4S. The lowest BCUT2D eigenvalue weighted by molar-refractivity contribution is 0.633. The largest absolute Gasteiger partial charge is 0.366 e. The fourth-order valence-corrected chi connectivity index (χ4v) is 3.36. The van der Waals surface area contributed by atoms with E-state index in [1.54, 1.807) is 0 Å². The summed E-state index contributed by atoms with van der Waals surface area (Å²) in [4.78, 5) is 0. The number of aryl methyl sites for hydroxylation is 1. The molecule has 1 N–H and O–H groups in total. The van der Waals surface area contributed by atoms with E-state index in [1.165, 1.54) is 18.6 Å². The molecule has 4 nitrogen and oxygen atoms in total. The van der Waals surface area contributed by atoms with E-state index in [1.807, 2.05) is 25.6 Å². The van der Waals surface area contributed by atoms with Gasteiger partial charge in [-0.05, 0) is 44.9 Å². The maximum absolute atomic E-state index is 9.22. The summed E-state index contributed by atoms with van der Waals surface area (Å²) in [6.45, 7) is 6.89. The molecule has 1 saturated heterocycles. The van der Waals surface area contributed by atoms with Crippen molar-refractivity contribution >= 4 is 17.6 Å². The smallest absolute Gasteiger partial charge is 0.166 e. The average Bonchev–Trinajstić information content (AvgIpc) is 2.78. The summed E-state index contributed by atoms with van der Waals surface area (Å²) in [6.07, 6.45) is 2.48. The summed E-state index contributed by atoms with van der Waals surface area (Å²) in [5, 5.41) is 20.7. The Balaban J connectivity index is 2.15. The van der Waals surface area contributed by atoms with Gasteiger partial charge in [0.2, 0.25) is 0 Å². The minimum atomic E-state index is 0.257. The van der Waals surface area contributed by atoms with Crippen LogP contribution in [0.15, 0.2) is 0 Å². The lowest BCUT2D eigenvalue weighted by atomic mass is 10.1. The first-order valence-corrected chi connectivity index (χ1v) is 7.16. The zero-order valence-corrected chi connectivity index (χ0v) is 11.9. The first-order valence-electron chi connectivity index (χ1n) is 6.17. The Hall–Kier alpha value is -1.28. The van der Waals surface area contributed by atoms with Gasteiger partial charge in [0.05, 0.1) is 5.69 Å². The van der Waals surface area contributed by atoms with Gasteiger partial charge in [0.1, 0.15) is 11.6 Å². The zero-order valence-electron chi connectivity index (χ0n) is 11.1. The molecule has 0 bridgehead atoms. The summed E-state index contributed by atoms with van der Waals surface area (Å²) < 4.78 is 0.257. The predicted octanol–water partition coefficient (Wildman–Crippen LogP) is 2.66. The van der Waals surface area contributed by atoms with Gasteiger partial charge in [0.25, 0.3) is 0 Å². The monoisotopic (exact) mass is 262 g/mol. The molecule has 0 amide bonds. The average molecular weight is 262 g/mol. The number of thioether (sulfide) groups is 1. The molecule has 1 fully saturated rings. The fourth-order valence-electron chi connectivity index (χ4n) is 2.12. The lowest BCUT2D eigenvalue weighted by Crippen LogP contribution is -2.28. The fraction of sp³-hybridized carbons (Fsp3) is 0.615. The summed E-state index contributed by atoms with van der Waals surface area (Å²) in [6, 6.07) is 2.22. The van der Waals surface area contributed by atoms with Crippen molar-refractivity contribution in [2.45, 2.75) is 38.4 Å². The molecule has 0 spiro atoms. The summed E-state index contributed by atoms with van der Waals surface area (Å²) >= 11 is 1.99. The third-order valence-electron chi connectivity index (χ3n) is 3.50. The number of hydrogen-bond donors (Lipinski definition) is 1. The maximum Gasteiger partial charge on any atom is 0.166 e. The first kappa shape index (κ1) is 13.2. The van der Waals surface area contributed by atoms with Gasteiger partial charge in [0, 0.05) is 11.3 Å². The number of hydrogen-bond acceptors (Lipinski definition) is 5. The minimum absolute atomic E-state index is 0.257. The molecule has 0 radical (unpaired) electrons. The molecule has 1 aromatic heterocycles. The van der Waals surface area contributed by atoms with Crippen LogP contribution >= 0.6 is 11.8 Å². The van der Waals surface area contributed by atoms with Crippen molar-refractivity contribution in [2.75, 3.05) is 17.6 Å². The molecule has 5 heteroatoms. The van der Waals surface area contributed by atoms with E-state index in [-0.39, 0.29) is 4.75 Å². The number of nitriles is 1. The molecule has 1 aliphatic rings. The van der Waals surface area contributed by atoms with Gasteiger partial charge in [-0.1, -0.05) is 0 Å². The highest BCUT2D eigenvalue weighted by atomic mass is 32.2. The van der Waals surface area contributed by atoms with E-state index in [9.17, 15) is 5.26 Å². The Morgan fingerprint density at radius 2 is 2.22 bits per heavy atom. The summed E-state index contributed by atoms with van der Waals surface area (Å²) in [5.74, 6) is 1.84. The molecule has 0 saturated carbocycles. The van der Waals surface area contributed by atoms with Crippen LogP contribution in [0.5, 0.6) is 0 Å². The van der Waals surface area contributed by atoms with Crippen molar-refractivity contribution in [3.05, 3.63) is 16.8 Å². The van der Waals surface area contributed by atoms with E-state index in [0.717, 1.165) is 17.8 Å². The Morgan fingerprint density at radius 3 is 2.83 bits per heavy atom. The topological polar surface area (TPSA) is 61.6 Å². The van der Waals surface area contributed by atoms with Crippen LogP contribution in [-0.2, 0) is 0 Å². The maximum atomic E-state index is 9.22. The van der Waals surface area contributed by atoms with Gasteiger partial charge in [-0.3, -0.25) is 0 Å². The molecule has 0 aromatic carbocycles. The quantitative estimate of drug-likeness (QED) is 0.907. The van der Waals surface area contributed by atoms with E-state index in [0.29, 0.717) is 11.4 Å². The summed E-state index contributed by atoms with van der Waals surface area (Å²) in [5.41, 5.74) is 2.35. The van der Waals surface area contributed by atoms with E-state index in [4.69, 9.17) is 0 Å². The number of rotatable bonds is 3. The van der Waals surface area contributed by atoms with Crippen LogP contribution in [0.25, 0.3) is 0 Å². The van der Waals surface area contributed by atoms with Crippen LogP contribution in [0.3, 0.4) is 0 Å². The van der Waals surface area contributed by atoms with Crippen molar-refractivity contribution in [3.63, 3.8) is 0 Å². The highest BCUT2D eigenvalue weighted by Crippen LogP contribution is 2.37. The standard InChI is InChI=1S/C13H18N4S/c1-9-10(2)16-17-12(11(9)7-14)15-8-13(3)5-4-6-18-13/h4-6,8H2,1-3H3,(H,15,17). The molecule has 18 heavy (non-hydrogen) atoms.